The molecule has 3 aromatic rings. The molecular weight excluding hydrogens is 364 g/mol. The largest absolute Gasteiger partial charge is 0.206 e. The molecule has 3 aromatic carbocycles. The Morgan fingerprint density at radius 2 is 1.58 bits per heavy atom. The van der Waals surface area contributed by atoms with Gasteiger partial charge in [-0.1, -0.05) is 36.7 Å². The van der Waals surface area contributed by atoms with Gasteiger partial charge in [0.05, 0.1) is 5.56 Å². The molecule has 0 aliphatic heterocycles. The Hall–Kier alpha value is -2.33. The van der Waals surface area contributed by atoms with Crippen LogP contribution in [-0.2, 0) is 12.8 Å². The van der Waals surface area contributed by atoms with E-state index in [2.05, 4.69) is 0 Å². The maximum atomic E-state index is 15.1. The summed E-state index contributed by atoms with van der Waals surface area (Å²) in [5, 5.41) is -0.699. The Morgan fingerprint density at radius 3 is 2.23 bits per heavy atom. The highest BCUT2D eigenvalue weighted by Crippen LogP contribution is 2.43. The van der Waals surface area contributed by atoms with Crippen molar-refractivity contribution < 1.29 is 17.6 Å². The van der Waals surface area contributed by atoms with E-state index in [1.54, 1.807) is 0 Å². The van der Waals surface area contributed by atoms with Crippen LogP contribution in [0.2, 0.25) is 5.02 Å². The van der Waals surface area contributed by atoms with Gasteiger partial charge >= 0.3 is 0 Å². The summed E-state index contributed by atoms with van der Waals surface area (Å²) in [7, 11) is 0. The summed E-state index contributed by atoms with van der Waals surface area (Å²) in [5.41, 5.74) is 2.98. The standard InChI is InChI=1S/C21H13ClF4/c1-2-10-3-4-13-11(5-10)6-15-14(13)9-16(23)19(21(15)26)12-7-17(24)20(22)18(25)8-12/h3-5,7-9H,2,6H2,1H3. The number of rotatable bonds is 2. The van der Waals surface area contributed by atoms with Gasteiger partial charge in [0.2, 0.25) is 0 Å². The summed E-state index contributed by atoms with van der Waals surface area (Å²) in [6, 6.07) is 8.69. The molecule has 0 heterocycles. The number of fused-ring (bicyclic) bond motifs is 3. The lowest BCUT2D eigenvalue weighted by molar-refractivity contribution is 0.576. The van der Waals surface area contributed by atoms with Crippen LogP contribution in [0, 0.1) is 23.3 Å². The normalized spacial score (nSPS) is 12.2. The van der Waals surface area contributed by atoms with Crippen LogP contribution in [0.15, 0.2) is 36.4 Å². The van der Waals surface area contributed by atoms with Crippen LogP contribution in [0.5, 0.6) is 0 Å². The smallest absolute Gasteiger partial charge is 0.145 e. The average molecular weight is 377 g/mol. The quantitative estimate of drug-likeness (QED) is 0.270. The molecule has 0 fully saturated rings. The van der Waals surface area contributed by atoms with E-state index in [-0.39, 0.29) is 5.56 Å². The first-order valence-corrected chi connectivity index (χ1v) is 8.56. The highest BCUT2D eigenvalue weighted by molar-refractivity contribution is 6.31. The molecule has 0 bridgehead atoms. The number of halogens is 5. The van der Waals surface area contributed by atoms with Gasteiger partial charge in [0.15, 0.2) is 0 Å². The molecule has 0 N–H and O–H groups in total. The maximum Gasteiger partial charge on any atom is 0.145 e. The minimum absolute atomic E-state index is 0.215. The second kappa shape index (κ2) is 6.13. The molecule has 0 unspecified atom stereocenters. The third kappa shape index (κ3) is 2.52. The third-order valence-electron chi connectivity index (χ3n) is 4.83. The molecule has 0 atom stereocenters. The van der Waals surface area contributed by atoms with Crippen LogP contribution < -0.4 is 0 Å². The van der Waals surface area contributed by atoms with Gasteiger partial charge in [0, 0.05) is 12.0 Å². The van der Waals surface area contributed by atoms with Crippen molar-refractivity contribution in [1.82, 2.24) is 0 Å². The van der Waals surface area contributed by atoms with Gasteiger partial charge in [-0.25, -0.2) is 17.6 Å². The van der Waals surface area contributed by atoms with E-state index in [1.165, 1.54) is 6.07 Å². The number of hydrogen-bond acceptors (Lipinski definition) is 0. The molecule has 5 heteroatoms. The monoisotopic (exact) mass is 376 g/mol. The van der Waals surface area contributed by atoms with Gasteiger partial charge in [0.25, 0.3) is 0 Å². The predicted octanol–water partition coefficient (Wildman–Crippen LogP) is 6.70. The Balaban J connectivity index is 1.91. The summed E-state index contributed by atoms with van der Waals surface area (Å²) >= 11 is 5.46. The average Bonchev–Trinajstić information content (AvgIpc) is 2.97. The zero-order chi connectivity index (χ0) is 18.6. The molecule has 4 rings (SSSR count). The van der Waals surface area contributed by atoms with E-state index >= 15 is 4.39 Å². The van der Waals surface area contributed by atoms with Crippen LogP contribution >= 0.6 is 11.6 Å². The van der Waals surface area contributed by atoms with Gasteiger partial charge in [-0.15, -0.1) is 0 Å². The van der Waals surface area contributed by atoms with Crippen molar-refractivity contribution in [3.05, 3.63) is 81.4 Å². The lowest BCUT2D eigenvalue weighted by Crippen LogP contribution is -1.98. The van der Waals surface area contributed by atoms with E-state index in [9.17, 15) is 13.2 Å². The summed E-state index contributed by atoms with van der Waals surface area (Å²) in [5.74, 6) is -3.78. The molecule has 0 saturated carbocycles. The van der Waals surface area contributed by atoms with E-state index in [0.29, 0.717) is 17.5 Å². The van der Waals surface area contributed by atoms with Gasteiger partial charge in [-0.05, 0) is 52.4 Å². The fourth-order valence-corrected chi connectivity index (χ4v) is 3.61. The zero-order valence-corrected chi connectivity index (χ0v) is 14.5. The van der Waals surface area contributed by atoms with Gasteiger partial charge in [-0.3, -0.25) is 0 Å². The summed E-state index contributed by atoms with van der Waals surface area (Å²) in [4.78, 5) is 0. The molecule has 1 aliphatic rings. The molecule has 132 valence electrons. The molecule has 0 radical (unpaired) electrons. The molecule has 0 amide bonds. The molecule has 0 spiro atoms. The Bertz CT molecular complexity index is 1030. The van der Waals surface area contributed by atoms with Crippen LogP contribution in [0.25, 0.3) is 22.3 Å². The third-order valence-corrected chi connectivity index (χ3v) is 5.19. The van der Waals surface area contributed by atoms with E-state index in [4.69, 9.17) is 11.6 Å². The predicted molar refractivity (Wildman–Crippen MR) is 94.3 cm³/mol. The summed E-state index contributed by atoms with van der Waals surface area (Å²) in [6.07, 6.45) is 1.16. The van der Waals surface area contributed by atoms with E-state index < -0.39 is 33.9 Å². The first-order valence-electron chi connectivity index (χ1n) is 8.18. The number of hydrogen-bond donors (Lipinski definition) is 0. The topological polar surface area (TPSA) is 0 Å². The van der Waals surface area contributed by atoms with E-state index in [0.717, 1.165) is 35.2 Å². The van der Waals surface area contributed by atoms with Crippen molar-refractivity contribution in [1.29, 1.82) is 0 Å². The summed E-state index contributed by atoms with van der Waals surface area (Å²) < 4.78 is 57.3. The van der Waals surface area contributed by atoms with E-state index in [1.807, 2.05) is 25.1 Å². The van der Waals surface area contributed by atoms with Crippen molar-refractivity contribution in [2.75, 3.05) is 0 Å². The number of benzene rings is 3. The molecular formula is C21H13ClF4. The van der Waals surface area contributed by atoms with Crippen LogP contribution in [0.4, 0.5) is 17.6 Å². The fourth-order valence-electron chi connectivity index (χ4n) is 3.50. The van der Waals surface area contributed by atoms with Crippen molar-refractivity contribution in [3.8, 4) is 22.3 Å². The highest BCUT2D eigenvalue weighted by Gasteiger charge is 2.27. The molecule has 0 nitrogen and oxygen atoms in total. The Labute approximate surface area is 153 Å². The maximum absolute atomic E-state index is 15.1. The molecule has 26 heavy (non-hydrogen) atoms. The lowest BCUT2D eigenvalue weighted by Gasteiger charge is -2.11. The first-order chi connectivity index (χ1) is 12.4. The number of aryl methyl sites for hydroxylation is 1. The highest BCUT2D eigenvalue weighted by atomic mass is 35.5. The van der Waals surface area contributed by atoms with Crippen molar-refractivity contribution in [3.63, 3.8) is 0 Å². The molecule has 1 aliphatic carbocycles. The Morgan fingerprint density at radius 1 is 0.885 bits per heavy atom. The fraction of sp³-hybridized carbons (Fsp3) is 0.143. The van der Waals surface area contributed by atoms with Crippen molar-refractivity contribution >= 4 is 11.6 Å². The van der Waals surface area contributed by atoms with Crippen molar-refractivity contribution in [2.45, 2.75) is 19.8 Å². The van der Waals surface area contributed by atoms with Crippen LogP contribution in [0.3, 0.4) is 0 Å². The minimum Gasteiger partial charge on any atom is -0.206 e. The molecule has 0 aromatic heterocycles. The SMILES string of the molecule is CCc1ccc2c(c1)Cc1c-2cc(F)c(-c2cc(F)c(Cl)c(F)c2)c1F. The second-order valence-corrected chi connectivity index (χ2v) is 6.73. The lowest BCUT2D eigenvalue weighted by atomic mass is 9.97. The Kier molecular flexibility index (Phi) is 4.03. The summed E-state index contributed by atoms with van der Waals surface area (Å²) in [6.45, 7) is 2.02. The first kappa shape index (κ1) is 17.1. The second-order valence-electron chi connectivity index (χ2n) is 6.35. The van der Waals surface area contributed by atoms with Crippen molar-refractivity contribution in [2.24, 2.45) is 0 Å². The van der Waals surface area contributed by atoms with Crippen LogP contribution in [0.1, 0.15) is 23.6 Å². The minimum atomic E-state index is -1.06. The van der Waals surface area contributed by atoms with Gasteiger partial charge in [-0.2, -0.15) is 0 Å². The van der Waals surface area contributed by atoms with Gasteiger partial charge < -0.3 is 0 Å². The van der Waals surface area contributed by atoms with Gasteiger partial charge in [0.1, 0.15) is 28.3 Å². The zero-order valence-electron chi connectivity index (χ0n) is 13.8. The molecule has 0 saturated heterocycles. The van der Waals surface area contributed by atoms with Crippen LogP contribution in [-0.4, -0.2) is 0 Å².